The second-order valence-corrected chi connectivity index (χ2v) is 3.41. The zero-order chi connectivity index (χ0) is 12.3. The van der Waals surface area contributed by atoms with Gasteiger partial charge in [0, 0.05) is 5.56 Å². The maximum absolute atomic E-state index is 12.8. The summed E-state index contributed by atoms with van der Waals surface area (Å²) in [7, 11) is 1.30. The quantitative estimate of drug-likeness (QED) is 0.746. The first-order valence-corrected chi connectivity index (χ1v) is 5.02. The molecular formula is C13H10FNO2. The summed E-state index contributed by atoms with van der Waals surface area (Å²) in [6.07, 6.45) is 0. The highest BCUT2D eigenvalue weighted by Gasteiger charge is 2.08. The van der Waals surface area contributed by atoms with Gasteiger partial charge < -0.3 is 4.74 Å². The van der Waals surface area contributed by atoms with Gasteiger partial charge in [0.2, 0.25) is 0 Å². The van der Waals surface area contributed by atoms with Gasteiger partial charge in [-0.15, -0.1) is 0 Å². The van der Waals surface area contributed by atoms with Gasteiger partial charge in [-0.1, -0.05) is 6.07 Å². The molecule has 0 unspecified atom stereocenters. The van der Waals surface area contributed by atoms with Crippen molar-refractivity contribution in [3.05, 3.63) is 54.0 Å². The van der Waals surface area contributed by atoms with E-state index in [1.165, 1.54) is 19.2 Å². The molecule has 0 saturated heterocycles. The summed E-state index contributed by atoms with van der Waals surface area (Å²) >= 11 is 0. The lowest BCUT2D eigenvalue weighted by Gasteiger charge is -2.03. The normalized spacial score (nSPS) is 10.0. The highest BCUT2D eigenvalue weighted by molar-refractivity contribution is 5.87. The van der Waals surface area contributed by atoms with Crippen LogP contribution in [0.4, 0.5) is 4.39 Å². The van der Waals surface area contributed by atoms with Crippen LogP contribution >= 0.6 is 0 Å². The molecule has 0 aliphatic rings. The van der Waals surface area contributed by atoms with Crippen molar-refractivity contribution in [2.45, 2.75) is 0 Å². The molecular weight excluding hydrogens is 221 g/mol. The van der Waals surface area contributed by atoms with E-state index in [1.54, 1.807) is 30.3 Å². The van der Waals surface area contributed by atoms with Crippen molar-refractivity contribution < 1.29 is 13.9 Å². The van der Waals surface area contributed by atoms with E-state index in [2.05, 4.69) is 9.72 Å². The predicted molar refractivity (Wildman–Crippen MR) is 61.0 cm³/mol. The molecule has 0 aliphatic carbocycles. The van der Waals surface area contributed by atoms with Gasteiger partial charge in [-0.2, -0.15) is 0 Å². The minimum absolute atomic E-state index is 0.231. The molecule has 4 heteroatoms. The highest BCUT2D eigenvalue weighted by Crippen LogP contribution is 2.17. The molecule has 2 aromatic rings. The molecule has 0 aliphatic heterocycles. The topological polar surface area (TPSA) is 39.2 Å². The molecule has 0 spiro atoms. The van der Waals surface area contributed by atoms with Crippen LogP contribution in [0.15, 0.2) is 42.5 Å². The number of nitrogens with zero attached hydrogens (tertiary/aromatic N) is 1. The van der Waals surface area contributed by atoms with Crippen molar-refractivity contribution >= 4 is 5.97 Å². The van der Waals surface area contributed by atoms with Gasteiger partial charge in [-0.25, -0.2) is 14.2 Å². The monoisotopic (exact) mass is 231 g/mol. The van der Waals surface area contributed by atoms with E-state index in [0.29, 0.717) is 5.69 Å². The number of hydrogen-bond donors (Lipinski definition) is 0. The third-order valence-corrected chi connectivity index (χ3v) is 2.28. The lowest BCUT2D eigenvalue weighted by molar-refractivity contribution is 0.0594. The maximum atomic E-state index is 12.8. The Labute approximate surface area is 97.9 Å². The van der Waals surface area contributed by atoms with E-state index in [-0.39, 0.29) is 11.5 Å². The fourth-order valence-electron chi connectivity index (χ4n) is 1.43. The molecule has 0 radical (unpaired) electrons. The lowest BCUT2D eigenvalue weighted by Crippen LogP contribution is -2.04. The Morgan fingerprint density at radius 1 is 1.18 bits per heavy atom. The van der Waals surface area contributed by atoms with E-state index in [9.17, 15) is 9.18 Å². The van der Waals surface area contributed by atoms with Crippen molar-refractivity contribution in [1.29, 1.82) is 0 Å². The number of methoxy groups -OCH3 is 1. The van der Waals surface area contributed by atoms with Crippen molar-refractivity contribution in [2.75, 3.05) is 7.11 Å². The van der Waals surface area contributed by atoms with Crippen LogP contribution < -0.4 is 0 Å². The zero-order valence-corrected chi connectivity index (χ0v) is 9.18. The lowest BCUT2D eigenvalue weighted by atomic mass is 10.1. The number of rotatable bonds is 2. The average molecular weight is 231 g/mol. The summed E-state index contributed by atoms with van der Waals surface area (Å²) in [5.41, 5.74) is 1.58. The van der Waals surface area contributed by atoms with Gasteiger partial charge >= 0.3 is 5.97 Å². The van der Waals surface area contributed by atoms with E-state index < -0.39 is 5.97 Å². The van der Waals surface area contributed by atoms with E-state index >= 15 is 0 Å². The molecule has 0 fully saturated rings. The minimum Gasteiger partial charge on any atom is -0.464 e. The van der Waals surface area contributed by atoms with Gasteiger partial charge in [0.05, 0.1) is 12.8 Å². The zero-order valence-electron chi connectivity index (χ0n) is 9.18. The predicted octanol–water partition coefficient (Wildman–Crippen LogP) is 2.67. The standard InChI is InChI=1S/C13H10FNO2/c1-17-13(16)12-4-2-3-11(15-12)9-5-7-10(14)8-6-9/h2-8H,1H3. The van der Waals surface area contributed by atoms with Crippen LogP contribution in [0.3, 0.4) is 0 Å². The molecule has 0 bridgehead atoms. The number of pyridine rings is 1. The molecule has 1 aromatic heterocycles. The largest absolute Gasteiger partial charge is 0.464 e. The summed E-state index contributed by atoms with van der Waals surface area (Å²) in [5, 5.41) is 0. The van der Waals surface area contributed by atoms with Crippen LogP contribution in [-0.2, 0) is 4.74 Å². The Hall–Kier alpha value is -2.23. The number of halogens is 1. The van der Waals surface area contributed by atoms with E-state index in [0.717, 1.165) is 5.56 Å². The molecule has 17 heavy (non-hydrogen) atoms. The summed E-state index contributed by atoms with van der Waals surface area (Å²) < 4.78 is 17.4. The first kappa shape index (κ1) is 11.3. The molecule has 0 saturated carbocycles. The summed E-state index contributed by atoms with van der Waals surface area (Å²) in [5.74, 6) is -0.799. The van der Waals surface area contributed by atoms with Gasteiger partial charge in [-0.3, -0.25) is 0 Å². The van der Waals surface area contributed by atoms with Crippen molar-refractivity contribution in [1.82, 2.24) is 4.98 Å². The number of ether oxygens (including phenoxy) is 1. The molecule has 2 rings (SSSR count). The van der Waals surface area contributed by atoms with Crippen molar-refractivity contribution in [3.8, 4) is 11.3 Å². The SMILES string of the molecule is COC(=O)c1cccc(-c2ccc(F)cc2)n1. The number of benzene rings is 1. The first-order valence-electron chi connectivity index (χ1n) is 5.02. The average Bonchev–Trinajstić information content (AvgIpc) is 2.39. The van der Waals surface area contributed by atoms with Crippen LogP contribution in [0.1, 0.15) is 10.5 Å². The van der Waals surface area contributed by atoms with E-state index in [4.69, 9.17) is 0 Å². The Balaban J connectivity index is 2.39. The van der Waals surface area contributed by atoms with Crippen LogP contribution in [0, 0.1) is 5.82 Å². The van der Waals surface area contributed by atoms with Crippen LogP contribution in [0.25, 0.3) is 11.3 Å². The fourth-order valence-corrected chi connectivity index (χ4v) is 1.43. The van der Waals surface area contributed by atoms with Crippen LogP contribution in [0.5, 0.6) is 0 Å². The third kappa shape index (κ3) is 2.47. The van der Waals surface area contributed by atoms with Gasteiger partial charge in [-0.05, 0) is 36.4 Å². The highest BCUT2D eigenvalue weighted by atomic mass is 19.1. The molecule has 0 atom stereocenters. The summed E-state index contributed by atoms with van der Waals surface area (Å²) in [6, 6.07) is 10.9. The van der Waals surface area contributed by atoms with Gasteiger partial charge in [0.25, 0.3) is 0 Å². The third-order valence-electron chi connectivity index (χ3n) is 2.28. The number of hydrogen-bond acceptors (Lipinski definition) is 3. The molecule has 0 amide bonds. The Morgan fingerprint density at radius 3 is 2.53 bits per heavy atom. The van der Waals surface area contributed by atoms with Crippen molar-refractivity contribution in [2.24, 2.45) is 0 Å². The minimum atomic E-state index is -0.492. The molecule has 86 valence electrons. The van der Waals surface area contributed by atoms with Gasteiger partial charge in [0.15, 0.2) is 0 Å². The Morgan fingerprint density at radius 2 is 1.88 bits per heavy atom. The van der Waals surface area contributed by atoms with Crippen LogP contribution in [0.2, 0.25) is 0 Å². The van der Waals surface area contributed by atoms with Gasteiger partial charge in [0.1, 0.15) is 11.5 Å². The Bertz CT molecular complexity index is 537. The number of carbonyl (C=O) groups excluding carboxylic acids is 1. The van der Waals surface area contributed by atoms with Crippen molar-refractivity contribution in [3.63, 3.8) is 0 Å². The summed E-state index contributed by atoms with van der Waals surface area (Å²) in [4.78, 5) is 15.5. The summed E-state index contributed by atoms with van der Waals surface area (Å²) in [6.45, 7) is 0. The molecule has 3 nitrogen and oxygen atoms in total. The number of carbonyl (C=O) groups is 1. The van der Waals surface area contributed by atoms with E-state index in [1.807, 2.05) is 0 Å². The second-order valence-electron chi connectivity index (χ2n) is 3.41. The smallest absolute Gasteiger partial charge is 0.356 e. The van der Waals surface area contributed by atoms with Crippen LogP contribution in [-0.4, -0.2) is 18.1 Å². The maximum Gasteiger partial charge on any atom is 0.356 e. The Kier molecular flexibility index (Phi) is 3.14. The first-order chi connectivity index (χ1) is 8.20. The fraction of sp³-hybridized carbons (Fsp3) is 0.0769. The number of aromatic nitrogens is 1. The second kappa shape index (κ2) is 4.74. The molecule has 1 heterocycles. The molecule has 1 aromatic carbocycles. The number of esters is 1. The molecule has 0 N–H and O–H groups in total.